The lowest BCUT2D eigenvalue weighted by atomic mass is 9.96. The summed E-state index contributed by atoms with van der Waals surface area (Å²) in [5, 5.41) is 6.09. The standard InChI is InChI=1S/C22H29F3N2O5/c1-6-8-14-12-16-17(27-32-19(16)22(23,24)25)15(9-7-2)18(14)31-21(4,5)20(29)30-11-10-26-13(3)28/h12H,6-11H2,1-5H3,(H,26,28). The van der Waals surface area contributed by atoms with Gasteiger partial charge in [-0.1, -0.05) is 31.8 Å². The molecule has 1 aromatic heterocycles. The first kappa shape index (κ1) is 25.5. The Kier molecular flexibility index (Phi) is 8.14. The third-order valence-corrected chi connectivity index (χ3v) is 4.73. The maximum atomic E-state index is 13.4. The van der Waals surface area contributed by atoms with E-state index in [9.17, 15) is 22.8 Å². The number of benzene rings is 1. The summed E-state index contributed by atoms with van der Waals surface area (Å²) in [6, 6.07) is 1.38. The summed E-state index contributed by atoms with van der Waals surface area (Å²) in [5.41, 5.74) is -0.349. The van der Waals surface area contributed by atoms with E-state index in [1.54, 1.807) is 0 Å². The van der Waals surface area contributed by atoms with Crippen molar-refractivity contribution in [2.24, 2.45) is 0 Å². The Bertz CT molecular complexity index is 967. The summed E-state index contributed by atoms with van der Waals surface area (Å²) in [6.45, 7) is 8.29. The number of aryl methyl sites for hydroxylation is 2. The number of nitrogens with one attached hydrogen (secondary N) is 1. The number of esters is 1. The Hall–Kier alpha value is -2.78. The molecule has 1 N–H and O–H groups in total. The van der Waals surface area contributed by atoms with Gasteiger partial charge in [0.2, 0.25) is 11.7 Å². The molecule has 0 aliphatic heterocycles. The highest BCUT2D eigenvalue weighted by Crippen LogP contribution is 2.41. The molecule has 2 aromatic rings. The Balaban J connectivity index is 2.46. The highest BCUT2D eigenvalue weighted by atomic mass is 19.4. The maximum absolute atomic E-state index is 13.4. The molecule has 32 heavy (non-hydrogen) atoms. The Morgan fingerprint density at radius 1 is 1.16 bits per heavy atom. The molecule has 7 nitrogen and oxygen atoms in total. The van der Waals surface area contributed by atoms with E-state index in [0.717, 1.165) is 0 Å². The van der Waals surface area contributed by atoms with Gasteiger partial charge in [0.1, 0.15) is 17.9 Å². The van der Waals surface area contributed by atoms with Crippen LogP contribution in [0.1, 0.15) is 64.3 Å². The molecule has 2 rings (SSSR count). The van der Waals surface area contributed by atoms with Crippen molar-refractivity contribution < 1.29 is 36.8 Å². The van der Waals surface area contributed by atoms with Crippen LogP contribution in [0.15, 0.2) is 10.6 Å². The van der Waals surface area contributed by atoms with E-state index in [1.807, 2.05) is 13.8 Å². The monoisotopic (exact) mass is 458 g/mol. The zero-order chi connectivity index (χ0) is 24.1. The number of ether oxygens (including phenoxy) is 2. The molecule has 0 spiro atoms. The zero-order valence-corrected chi connectivity index (χ0v) is 18.9. The number of hydrogen-bond donors (Lipinski definition) is 1. The number of hydrogen-bond acceptors (Lipinski definition) is 6. The number of carbonyl (C=O) groups excluding carboxylic acids is 2. The Morgan fingerprint density at radius 2 is 1.81 bits per heavy atom. The highest BCUT2D eigenvalue weighted by molar-refractivity contribution is 5.88. The van der Waals surface area contributed by atoms with Gasteiger partial charge < -0.3 is 19.3 Å². The summed E-state index contributed by atoms with van der Waals surface area (Å²) in [4.78, 5) is 23.5. The van der Waals surface area contributed by atoms with Crippen LogP contribution in [0.5, 0.6) is 5.75 Å². The predicted octanol–water partition coefficient (Wildman–Crippen LogP) is 4.59. The number of rotatable bonds is 10. The number of alkyl halides is 3. The second-order valence-electron chi connectivity index (χ2n) is 7.98. The van der Waals surface area contributed by atoms with Gasteiger partial charge in [0.25, 0.3) is 0 Å². The lowest BCUT2D eigenvalue weighted by molar-refractivity contribution is -0.159. The van der Waals surface area contributed by atoms with Gasteiger partial charge in [0.15, 0.2) is 5.60 Å². The number of carbonyl (C=O) groups is 2. The fourth-order valence-electron chi connectivity index (χ4n) is 3.30. The molecule has 0 aliphatic carbocycles. The molecular formula is C22H29F3N2O5. The minimum absolute atomic E-state index is 0.0356. The molecule has 0 bridgehead atoms. The van der Waals surface area contributed by atoms with Crippen LogP contribution in [0.25, 0.3) is 10.9 Å². The molecule has 1 amide bonds. The Morgan fingerprint density at radius 3 is 2.38 bits per heavy atom. The number of aromatic nitrogens is 1. The summed E-state index contributed by atoms with van der Waals surface area (Å²) in [7, 11) is 0. The van der Waals surface area contributed by atoms with Gasteiger partial charge in [0, 0.05) is 12.5 Å². The van der Waals surface area contributed by atoms with Gasteiger partial charge in [0.05, 0.1) is 11.9 Å². The average molecular weight is 458 g/mol. The average Bonchev–Trinajstić information content (AvgIpc) is 3.11. The van der Waals surface area contributed by atoms with Crippen LogP contribution in [0.4, 0.5) is 13.2 Å². The molecule has 0 radical (unpaired) electrons. The van der Waals surface area contributed by atoms with E-state index in [2.05, 4.69) is 15.0 Å². The second kappa shape index (κ2) is 10.2. The van der Waals surface area contributed by atoms with Gasteiger partial charge in [-0.3, -0.25) is 4.79 Å². The van der Waals surface area contributed by atoms with Gasteiger partial charge in [-0.2, -0.15) is 13.2 Å². The van der Waals surface area contributed by atoms with Gasteiger partial charge in [-0.15, -0.1) is 0 Å². The molecule has 0 aliphatic rings. The van der Waals surface area contributed by atoms with Crippen molar-refractivity contribution in [3.8, 4) is 5.75 Å². The van der Waals surface area contributed by atoms with E-state index < -0.39 is 23.5 Å². The molecule has 178 valence electrons. The van der Waals surface area contributed by atoms with E-state index in [0.29, 0.717) is 42.6 Å². The van der Waals surface area contributed by atoms with Crippen LogP contribution in [0, 0.1) is 0 Å². The molecule has 1 heterocycles. The summed E-state index contributed by atoms with van der Waals surface area (Å²) >= 11 is 0. The topological polar surface area (TPSA) is 90.7 Å². The number of fused-ring (bicyclic) bond motifs is 1. The van der Waals surface area contributed by atoms with Crippen LogP contribution in [0.2, 0.25) is 0 Å². The lowest BCUT2D eigenvalue weighted by Crippen LogP contribution is -2.41. The van der Waals surface area contributed by atoms with Crippen LogP contribution in [-0.4, -0.2) is 35.8 Å². The summed E-state index contributed by atoms with van der Waals surface area (Å²) in [6.07, 6.45) is -2.57. The maximum Gasteiger partial charge on any atom is 0.453 e. The highest BCUT2D eigenvalue weighted by Gasteiger charge is 2.40. The van der Waals surface area contributed by atoms with Crippen molar-refractivity contribution in [3.63, 3.8) is 0 Å². The number of amides is 1. The van der Waals surface area contributed by atoms with Gasteiger partial charge in [-0.05, 0) is 38.3 Å². The molecule has 0 atom stereocenters. The first-order valence-electron chi connectivity index (χ1n) is 10.5. The van der Waals surface area contributed by atoms with Gasteiger partial charge in [-0.25, -0.2) is 4.79 Å². The molecule has 0 saturated carbocycles. The van der Waals surface area contributed by atoms with Crippen LogP contribution >= 0.6 is 0 Å². The van der Waals surface area contributed by atoms with Crippen molar-refractivity contribution in [2.45, 2.75) is 72.1 Å². The smallest absolute Gasteiger partial charge is 0.453 e. The van der Waals surface area contributed by atoms with E-state index in [4.69, 9.17) is 9.47 Å². The van der Waals surface area contributed by atoms with E-state index >= 15 is 0 Å². The first-order chi connectivity index (χ1) is 14.9. The first-order valence-corrected chi connectivity index (χ1v) is 10.5. The molecule has 0 saturated heterocycles. The molecule has 0 unspecified atom stereocenters. The third kappa shape index (κ3) is 5.92. The minimum Gasteiger partial charge on any atom is -0.476 e. The van der Waals surface area contributed by atoms with Crippen molar-refractivity contribution in [2.75, 3.05) is 13.2 Å². The number of nitrogens with zero attached hydrogens (tertiary/aromatic N) is 1. The van der Waals surface area contributed by atoms with Crippen LogP contribution in [-0.2, 0) is 33.3 Å². The largest absolute Gasteiger partial charge is 0.476 e. The normalized spacial score (nSPS) is 12.1. The summed E-state index contributed by atoms with van der Waals surface area (Å²) in [5.74, 6) is -1.73. The SMILES string of the molecule is CCCc1cc2c(C(F)(F)F)onc2c(CCC)c1OC(C)(C)C(=O)OCCNC(C)=O. The lowest BCUT2D eigenvalue weighted by Gasteiger charge is -2.27. The summed E-state index contributed by atoms with van der Waals surface area (Å²) < 4.78 is 56.2. The van der Waals surface area contributed by atoms with E-state index in [1.165, 1.54) is 26.8 Å². The number of halogens is 3. The molecule has 0 fully saturated rings. The van der Waals surface area contributed by atoms with Gasteiger partial charge >= 0.3 is 12.1 Å². The zero-order valence-electron chi connectivity index (χ0n) is 18.9. The molecular weight excluding hydrogens is 429 g/mol. The molecule has 10 heteroatoms. The van der Waals surface area contributed by atoms with Crippen LogP contribution in [0.3, 0.4) is 0 Å². The quantitative estimate of drug-likeness (QED) is 0.414. The predicted molar refractivity (Wildman–Crippen MR) is 111 cm³/mol. The van der Waals surface area contributed by atoms with Crippen molar-refractivity contribution in [1.29, 1.82) is 0 Å². The van der Waals surface area contributed by atoms with Crippen molar-refractivity contribution >= 4 is 22.8 Å². The third-order valence-electron chi connectivity index (χ3n) is 4.73. The fraction of sp³-hybridized carbons (Fsp3) is 0.591. The van der Waals surface area contributed by atoms with Crippen molar-refractivity contribution in [3.05, 3.63) is 23.0 Å². The van der Waals surface area contributed by atoms with Crippen molar-refractivity contribution in [1.82, 2.24) is 10.5 Å². The second-order valence-corrected chi connectivity index (χ2v) is 7.98. The minimum atomic E-state index is -4.68. The van der Waals surface area contributed by atoms with E-state index in [-0.39, 0.29) is 30.0 Å². The molecule has 1 aromatic carbocycles. The Labute approximate surface area is 184 Å². The fourth-order valence-corrected chi connectivity index (χ4v) is 3.30. The van der Waals surface area contributed by atoms with Crippen LogP contribution < -0.4 is 10.1 Å².